The minimum Gasteiger partial charge on any atom is -0.387 e. The molecule has 0 aliphatic heterocycles. The lowest BCUT2D eigenvalue weighted by Crippen LogP contribution is -2.23. The molecule has 1 nitrogen and oxygen atoms in total. The predicted octanol–water partition coefficient (Wildman–Crippen LogP) is 5.02. The standard InChI is InChI=1S/C12H16BrClOS/c1-12(2)5-3-4-7(12)10(15)9-6-8(13)11(14)16-9/h6-7,10,15H,3-5H2,1-2H3. The summed E-state index contributed by atoms with van der Waals surface area (Å²) >= 11 is 10.9. The zero-order valence-electron chi connectivity index (χ0n) is 9.46. The molecule has 0 amide bonds. The summed E-state index contributed by atoms with van der Waals surface area (Å²) in [6.45, 7) is 4.50. The molecule has 1 aliphatic rings. The first-order valence-corrected chi connectivity index (χ1v) is 7.53. The first-order chi connectivity index (χ1) is 7.42. The van der Waals surface area contributed by atoms with Gasteiger partial charge in [0.1, 0.15) is 4.34 Å². The summed E-state index contributed by atoms with van der Waals surface area (Å²) in [4.78, 5) is 0.983. The Morgan fingerprint density at radius 1 is 1.62 bits per heavy atom. The normalized spacial score (nSPS) is 25.9. The number of rotatable bonds is 2. The summed E-state index contributed by atoms with van der Waals surface area (Å²) in [5, 5.41) is 10.4. The van der Waals surface area contributed by atoms with Gasteiger partial charge in [0.15, 0.2) is 0 Å². The quantitative estimate of drug-likeness (QED) is 0.810. The average molecular weight is 324 g/mol. The molecule has 16 heavy (non-hydrogen) atoms. The lowest BCUT2D eigenvalue weighted by Gasteiger charge is -2.30. The second kappa shape index (κ2) is 4.60. The highest BCUT2D eigenvalue weighted by atomic mass is 79.9. The van der Waals surface area contributed by atoms with Gasteiger partial charge in [0.2, 0.25) is 0 Å². The van der Waals surface area contributed by atoms with Crippen molar-refractivity contribution in [2.24, 2.45) is 11.3 Å². The van der Waals surface area contributed by atoms with E-state index in [-0.39, 0.29) is 11.5 Å². The molecule has 0 spiro atoms. The molecule has 1 heterocycles. The minimum absolute atomic E-state index is 0.238. The van der Waals surface area contributed by atoms with Crippen molar-refractivity contribution in [2.75, 3.05) is 0 Å². The second-order valence-corrected chi connectivity index (χ2v) is 7.74. The number of hydrogen-bond acceptors (Lipinski definition) is 2. The van der Waals surface area contributed by atoms with Crippen LogP contribution >= 0.6 is 38.9 Å². The Labute approximate surface area is 114 Å². The van der Waals surface area contributed by atoms with Crippen molar-refractivity contribution in [3.8, 4) is 0 Å². The van der Waals surface area contributed by atoms with E-state index in [1.165, 1.54) is 24.2 Å². The van der Waals surface area contributed by atoms with Crippen LogP contribution in [0.1, 0.15) is 44.1 Å². The van der Waals surface area contributed by atoms with E-state index in [4.69, 9.17) is 11.6 Å². The molecule has 1 fully saturated rings. The van der Waals surface area contributed by atoms with Crippen LogP contribution in [0.25, 0.3) is 0 Å². The smallest absolute Gasteiger partial charge is 0.107 e. The fourth-order valence-electron chi connectivity index (χ4n) is 2.65. The molecule has 90 valence electrons. The lowest BCUT2D eigenvalue weighted by atomic mass is 9.78. The third-order valence-corrected chi connectivity index (χ3v) is 6.22. The number of halogens is 2. The lowest BCUT2D eigenvalue weighted by molar-refractivity contribution is 0.0558. The van der Waals surface area contributed by atoms with Crippen LogP contribution in [0.15, 0.2) is 10.5 Å². The molecule has 0 bridgehead atoms. The Morgan fingerprint density at radius 3 is 2.75 bits per heavy atom. The van der Waals surface area contributed by atoms with Crippen LogP contribution < -0.4 is 0 Å². The molecule has 2 unspecified atom stereocenters. The van der Waals surface area contributed by atoms with Crippen molar-refractivity contribution in [2.45, 2.75) is 39.2 Å². The van der Waals surface area contributed by atoms with Gasteiger partial charge in [0, 0.05) is 9.35 Å². The van der Waals surface area contributed by atoms with E-state index >= 15 is 0 Å². The number of aliphatic hydroxyl groups excluding tert-OH is 1. The summed E-state index contributed by atoms with van der Waals surface area (Å²) in [5.74, 6) is 0.356. The SMILES string of the molecule is CC1(C)CCCC1C(O)c1cc(Br)c(Cl)s1. The first-order valence-electron chi connectivity index (χ1n) is 5.54. The van der Waals surface area contributed by atoms with Crippen molar-refractivity contribution in [1.29, 1.82) is 0 Å². The number of thiophene rings is 1. The third kappa shape index (κ3) is 2.33. The first kappa shape index (κ1) is 12.9. The number of aliphatic hydroxyl groups is 1. The molecule has 1 saturated carbocycles. The zero-order valence-corrected chi connectivity index (χ0v) is 12.6. The van der Waals surface area contributed by atoms with E-state index in [2.05, 4.69) is 29.8 Å². The van der Waals surface area contributed by atoms with Gasteiger partial charge < -0.3 is 5.11 Å². The summed E-state index contributed by atoms with van der Waals surface area (Å²) in [6, 6.07) is 1.95. The maximum Gasteiger partial charge on any atom is 0.107 e. The zero-order chi connectivity index (χ0) is 11.9. The highest BCUT2D eigenvalue weighted by Crippen LogP contribution is 2.50. The van der Waals surface area contributed by atoms with Crippen LogP contribution in [0.4, 0.5) is 0 Å². The van der Waals surface area contributed by atoms with Crippen LogP contribution in [-0.4, -0.2) is 5.11 Å². The minimum atomic E-state index is -0.369. The molecule has 0 aromatic carbocycles. The van der Waals surface area contributed by atoms with E-state index in [9.17, 15) is 5.11 Å². The molecule has 0 radical (unpaired) electrons. The van der Waals surface area contributed by atoms with Gasteiger partial charge in [-0.2, -0.15) is 0 Å². The third-order valence-electron chi connectivity index (χ3n) is 3.68. The maximum absolute atomic E-state index is 10.4. The van der Waals surface area contributed by atoms with Crippen molar-refractivity contribution in [1.82, 2.24) is 0 Å². The Morgan fingerprint density at radius 2 is 2.31 bits per heavy atom. The molecule has 1 aliphatic carbocycles. The Balaban J connectivity index is 2.22. The van der Waals surface area contributed by atoms with Crippen molar-refractivity contribution >= 4 is 38.9 Å². The van der Waals surface area contributed by atoms with Crippen LogP contribution in [0.2, 0.25) is 4.34 Å². The van der Waals surface area contributed by atoms with E-state index in [1.54, 1.807) is 0 Å². The average Bonchev–Trinajstić information content (AvgIpc) is 2.70. The van der Waals surface area contributed by atoms with Gasteiger partial charge in [0.25, 0.3) is 0 Å². The fourth-order valence-corrected chi connectivity index (χ4v) is 4.43. The second-order valence-electron chi connectivity index (χ2n) is 5.20. The van der Waals surface area contributed by atoms with Crippen molar-refractivity contribution in [3.05, 3.63) is 19.8 Å². The monoisotopic (exact) mass is 322 g/mol. The fraction of sp³-hybridized carbons (Fsp3) is 0.667. The van der Waals surface area contributed by atoms with Crippen molar-refractivity contribution < 1.29 is 5.11 Å². The van der Waals surface area contributed by atoms with Crippen LogP contribution in [0, 0.1) is 11.3 Å². The Bertz CT molecular complexity index is 369. The predicted molar refractivity (Wildman–Crippen MR) is 73.1 cm³/mol. The van der Waals surface area contributed by atoms with Crippen LogP contribution in [0.5, 0.6) is 0 Å². The molecular formula is C12H16BrClOS. The molecular weight excluding hydrogens is 308 g/mol. The molecule has 0 saturated heterocycles. The highest BCUT2D eigenvalue weighted by Gasteiger charge is 2.40. The van der Waals surface area contributed by atoms with Crippen LogP contribution in [0.3, 0.4) is 0 Å². The van der Waals surface area contributed by atoms with Gasteiger partial charge in [0.05, 0.1) is 6.10 Å². The molecule has 1 aromatic heterocycles. The van der Waals surface area contributed by atoms with E-state index < -0.39 is 0 Å². The van der Waals surface area contributed by atoms with Crippen molar-refractivity contribution in [3.63, 3.8) is 0 Å². The molecule has 1 aromatic rings. The molecule has 4 heteroatoms. The van der Waals surface area contributed by atoms with Gasteiger partial charge in [-0.25, -0.2) is 0 Å². The molecule has 2 rings (SSSR count). The maximum atomic E-state index is 10.4. The molecule has 2 atom stereocenters. The number of hydrogen-bond donors (Lipinski definition) is 1. The summed E-state index contributed by atoms with van der Waals surface area (Å²) in [5.41, 5.74) is 0.238. The van der Waals surface area contributed by atoms with Gasteiger partial charge >= 0.3 is 0 Å². The summed E-state index contributed by atoms with van der Waals surface area (Å²) < 4.78 is 1.62. The van der Waals surface area contributed by atoms with Gasteiger partial charge in [-0.3, -0.25) is 0 Å². The van der Waals surface area contributed by atoms with Crippen LogP contribution in [-0.2, 0) is 0 Å². The van der Waals surface area contributed by atoms with Gasteiger partial charge in [-0.15, -0.1) is 11.3 Å². The Hall–Kier alpha value is 0.430. The largest absolute Gasteiger partial charge is 0.387 e. The topological polar surface area (TPSA) is 20.2 Å². The Kier molecular flexibility index (Phi) is 3.70. The van der Waals surface area contributed by atoms with E-state index in [0.29, 0.717) is 5.92 Å². The molecule has 1 N–H and O–H groups in total. The van der Waals surface area contributed by atoms with Gasteiger partial charge in [-0.1, -0.05) is 31.9 Å². The van der Waals surface area contributed by atoms with E-state index in [1.807, 2.05) is 6.07 Å². The van der Waals surface area contributed by atoms with E-state index in [0.717, 1.165) is 20.1 Å². The van der Waals surface area contributed by atoms with Gasteiger partial charge in [-0.05, 0) is 46.2 Å². The highest BCUT2D eigenvalue weighted by molar-refractivity contribution is 9.10. The summed E-state index contributed by atoms with van der Waals surface area (Å²) in [6.07, 6.45) is 3.16. The summed E-state index contributed by atoms with van der Waals surface area (Å²) in [7, 11) is 0.